The van der Waals surface area contributed by atoms with Crippen molar-refractivity contribution in [3.63, 3.8) is 0 Å². The second-order valence-corrected chi connectivity index (χ2v) is 2.00. The highest BCUT2D eigenvalue weighted by Crippen LogP contribution is 1.93. The maximum absolute atomic E-state index is 5.35. The van der Waals surface area contributed by atoms with Gasteiger partial charge in [0.15, 0.2) is 0 Å². The lowest BCUT2D eigenvalue weighted by atomic mass is 10.1. The predicted octanol–water partition coefficient (Wildman–Crippen LogP) is 0.196. The van der Waals surface area contributed by atoms with E-state index in [-0.39, 0.29) is 0 Å². The maximum atomic E-state index is 5.35. The lowest BCUT2D eigenvalue weighted by Crippen LogP contribution is -2.45. The molecule has 0 heterocycles. The molecule has 0 aliphatic rings. The van der Waals surface area contributed by atoms with Crippen molar-refractivity contribution in [1.29, 1.82) is 0 Å². The molecule has 0 rings (SSSR count). The van der Waals surface area contributed by atoms with Crippen LogP contribution in [0.4, 0.5) is 0 Å². The van der Waals surface area contributed by atoms with Crippen LogP contribution in [-0.2, 0) is 0 Å². The first-order valence-corrected chi connectivity index (χ1v) is 2.25. The van der Waals surface area contributed by atoms with Crippen molar-refractivity contribution >= 4 is 0 Å². The van der Waals surface area contributed by atoms with Crippen LogP contribution < -0.4 is 11.5 Å². The summed E-state index contributed by atoms with van der Waals surface area (Å²) in [4.78, 5) is 0. The van der Waals surface area contributed by atoms with E-state index < -0.39 is 5.66 Å². The molecular weight excluding hydrogens is 88.1 g/mol. The van der Waals surface area contributed by atoms with E-state index in [9.17, 15) is 0 Å². The zero-order chi connectivity index (χ0) is 5.91. The van der Waals surface area contributed by atoms with E-state index >= 15 is 0 Å². The van der Waals surface area contributed by atoms with E-state index in [1.54, 1.807) is 13.0 Å². The molecule has 2 nitrogen and oxygen atoms in total. The van der Waals surface area contributed by atoms with Gasteiger partial charge in [0.2, 0.25) is 0 Å². The lowest BCUT2D eigenvalue weighted by molar-refractivity contribution is 0.498. The van der Waals surface area contributed by atoms with Gasteiger partial charge in [-0.25, -0.2) is 0 Å². The summed E-state index contributed by atoms with van der Waals surface area (Å²) < 4.78 is 0. The molecule has 0 radical (unpaired) electrons. The molecule has 0 spiro atoms. The molecule has 2 heteroatoms. The van der Waals surface area contributed by atoms with Crippen LogP contribution in [0, 0.1) is 0 Å². The summed E-state index contributed by atoms with van der Waals surface area (Å²) in [6.45, 7) is 5.24. The topological polar surface area (TPSA) is 52.0 Å². The molecule has 0 aliphatic carbocycles. The SMILES string of the molecule is C=CCC(C)(N)N. The molecule has 0 aromatic carbocycles. The fourth-order valence-electron chi connectivity index (χ4n) is 0.311. The third kappa shape index (κ3) is 5.66. The summed E-state index contributed by atoms with van der Waals surface area (Å²) in [7, 11) is 0. The second-order valence-electron chi connectivity index (χ2n) is 2.00. The summed E-state index contributed by atoms with van der Waals surface area (Å²) in [6.07, 6.45) is 2.37. The van der Waals surface area contributed by atoms with Crippen LogP contribution in [0.1, 0.15) is 13.3 Å². The van der Waals surface area contributed by atoms with Crippen LogP contribution in [0.25, 0.3) is 0 Å². The van der Waals surface area contributed by atoms with Gasteiger partial charge in [-0.15, -0.1) is 6.58 Å². The van der Waals surface area contributed by atoms with E-state index in [0.29, 0.717) is 6.42 Å². The molecule has 0 aliphatic heterocycles. The van der Waals surface area contributed by atoms with E-state index in [2.05, 4.69) is 6.58 Å². The Labute approximate surface area is 44.2 Å². The minimum absolute atomic E-state index is 0.568. The standard InChI is InChI=1S/C5H12N2/c1-3-4-5(2,6)7/h3H,1,4,6-7H2,2H3. The van der Waals surface area contributed by atoms with Crippen LogP contribution in [0.15, 0.2) is 12.7 Å². The Balaban J connectivity index is 3.34. The molecule has 0 unspecified atom stereocenters. The van der Waals surface area contributed by atoms with Crippen molar-refractivity contribution in [2.24, 2.45) is 11.5 Å². The van der Waals surface area contributed by atoms with Crippen molar-refractivity contribution in [2.75, 3.05) is 0 Å². The van der Waals surface area contributed by atoms with Crippen LogP contribution >= 0.6 is 0 Å². The first-order chi connectivity index (χ1) is 3.06. The van der Waals surface area contributed by atoms with Gasteiger partial charge < -0.3 is 11.5 Å². The Hall–Kier alpha value is -0.340. The molecule has 0 amide bonds. The van der Waals surface area contributed by atoms with Crippen molar-refractivity contribution in [3.05, 3.63) is 12.7 Å². The molecule has 0 aromatic rings. The largest absolute Gasteiger partial charge is 0.313 e. The number of hydrogen-bond donors (Lipinski definition) is 2. The Morgan fingerprint density at radius 3 is 2.14 bits per heavy atom. The zero-order valence-electron chi connectivity index (χ0n) is 4.65. The van der Waals surface area contributed by atoms with Crippen LogP contribution in [0.5, 0.6) is 0 Å². The first kappa shape index (κ1) is 6.66. The molecule has 0 bridgehead atoms. The van der Waals surface area contributed by atoms with Crippen LogP contribution in [0.3, 0.4) is 0 Å². The minimum Gasteiger partial charge on any atom is -0.313 e. The third-order valence-electron chi connectivity index (χ3n) is 0.584. The van der Waals surface area contributed by atoms with Gasteiger partial charge >= 0.3 is 0 Å². The average Bonchev–Trinajstić information content (AvgIpc) is 1.30. The van der Waals surface area contributed by atoms with E-state index in [4.69, 9.17) is 11.5 Å². The second kappa shape index (κ2) is 2.09. The Bertz CT molecular complexity index is 61.0. The van der Waals surface area contributed by atoms with Crippen LogP contribution in [0.2, 0.25) is 0 Å². The van der Waals surface area contributed by atoms with E-state index in [1.807, 2.05) is 0 Å². The van der Waals surface area contributed by atoms with Crippen molar-refractivity contribution in [3.8, 4) is 0 Å². The fourth-order valence-corrected chi connectivity index (χ4v) is 0.311. The number of rotatable bonds is 2. The van der Waals surface area contributed by atoms with Gasteiger partial charge in [0, 0.05) is 0 Å². The highest BCUT2D eigenvalue weighted by molar-refractivity contribution is 4.80. The Morgan fingerprint density at radius 1 is 1.71 bits per heavy atom. The van der Waals surface area contributed by atoms with Gasteiger partial charge in [-0.05, 0) is 13.3 Å². The van der Waals surface area contributed by atoms with Crippen molar-refractivity contribution in [2.45, 2.75) is 19.0 Å². The van der Waals surface area contributed by atoms with E-state index in [1.165, 1.54) is 0 Å². The van der Waals surface area contributed by atoms with Gasteiger partial charge in [0.25, 0.3) is 0 Å². The maximum Gasteiger partial charge on any atom is 0.0642 e. The van der Waals surface area contributed by atoms with Gasteiger partial charge in [0.05, 0.1) is 5.66 Å². The van der Waals surface area contributed by atoms with Gasteiger partial charge in [-0.3, -0.25) is 0 Å². The third-order valence-corrected chi connectivity index (χ3v) is 0.584. The number of hydrogen-bond acceptors (Lipinski definition) is 2. The Kier molecular flexibility index (Phi) is 1.99. The Morgan fingerprint density at radius 2 is 2.14 bits per heavy atom. The minimum atomic E-state index is -0.568. The molecule has 0 saturated heterocycles. The van der Waals surface area contributed by atoms with Gasteiger partial charge in [-0.1, -0.05) is 6.08 Å². The summed E-state index contributed by atoms with van der Waals surface area (Å²) in [5.74, 6) is 0. The molecule has 0 saturated carbocycles. The van der Waals surface area contributed by atoms with Gasteiger partial charge in [-0.2, -0.15) is 0 Å². The monoisotopic (exact) mass is 100 g/mol. The summed E-state index contributed by atoms with van der Waals surface area (Å²) >= 11 is 0. The highest BCUT2D eigenvalue weighted by Gasteiger charge is 2.05. The van der Waals surface area contributed by atoms with Crippen molar-refractivity contribution in [1.82, 2.24) is 0 Å². The molecular formula is C5H12N2. The fraction of sp³-hybridized carbons (Fsp3) is 0.600. The summed E-state index contributed by atoms with van der Waals surface area (Å²) in [5, 5.41) is 0. The molecule has 0 fully saturated rings. The molecule has 7 heavy (non-hydrogen) atoms. The average molecular weight is 100 g/mol. The van der Waals surface area contributed by atoms with Crippen molar-refractivity contribution < 1.29 is 0 Å². The molecule has 4 N–H and O–H groups in total. The predicted molar refractivity (Wildman–Crippen MR) is 31.6 cm³/mol. The molecule has 0 atom stereocenters. The summed E-state index contributed by atoms with van der Waals surface area (Å²) in [6, 6.07) is 0. The quantitative estimate of drug-likeness (QED) is 0.384. The smallest absolute Gasteiger partial charge is 0.0642 e. The number of nitrogens with two attached hydrogens (primary N) is 2. The highest BCUT2D eigenvalue weighted by atomic mass is 14.9. The first-order valence-electron chi connectivity index (χ1n) is 2.25. The molecule has 42 valence electrons. The van der Waals surface area contributed by atoms with Gasteiger partial charge in [0.1, 0.15) is 0 Å². The summed E-state index contributed by atoms with van der Waals surface area (Å²) in [5.41, 5.74) is 10.1. The van der Waals surface area contributed by atoms with E-state index in [0.717, 1.165) is 0 Å². The molecule has 0 aromatic heterocycles. The van der Waals surface area contributed by atoms with Crippen LogP contribution in [-0.4, -0.2) is 5.66 Å². The zero-order valence-corrected chi connectivity index (χ0v) is 4.65. The normalized spacial score (nSPS) is 11.3. The lowest BCUT2D eigenvalue weighted by Gasteiger charge is -2.14.